The Morgan fingerprint density at radius 2 is 2.11 bits per heavy atom. The van der Waals surface area contributed by atoms with E-state index in [1.54, 1.807) is 16.8 Å². The third-order valence-corrected chi connectivity index (χ3v) is 5.33. The van der Waals surface area contributed by atoms with Crippen LogP contribution in [-0.2, 0) is 13.5 Å². The Morgan fingerprint density at radius 1 is 1.26 bits per heavy atom. The normalized spacial score (nSPS) is 11.2. The molecule has 0 unspecified atom stereocenters. The van der Waals surface area contributed by atoms with Crippen LogP contribution in [0.5, 0.6) is 5.75 Å². The van der Waals surface area contributed by atoms with Crippen molar-refractivity contribution in [1.82, 2.24) is 19.7 Å². The van der Waals surface area contributed by atoms with Crippen LogP contribution < -0.4 is 10.5 Å². The van der Waals surface area contributed by atoms with E-state index < -0.39 is 0 Å². The van der Waals surface area contributed by atoms with Gasteiger partial charge in [0.05, 0.1) is 29.1 Å². The van der Waals surface area contributed by atoms with Gasteiger partial charge in [-0.2, -0.15) is 5.10 Å². The fourth-order valence-corrected chi connectivity index (χ4v) is 4.17. The van der Waals surface area contributed by atoms with Gasteiger partial charge >= 0.3 is 0 Å². The number of anilines is 1. The number of ether oxygens (including phenoxy) is 1. The van der Waals surface area contributed by atoms with Crippen molar-refractivity contribution in [2.45, 2.75) is 6.42 Å². The van der Waals surface area contributed by atoms with Crippen molar-refractivity contribution >= 4 is 50.7 Å². The third kappa shape index (κ3) is 3.71. The van der Waals surface area contributed by atoms with Crippen LogP contribution in [0.1, 0.15) is 5.56 Å². The van der Waals surface area contributed by atoms with E-state index in [1.165, 1.54) is 11.3 Å². The maximum Gasteiger partial charge on any atom is 0.221 e. The van der Waals surface area contributed by atoms with Crippen LogP contribution in [-0.4, -0.2) is 26.4 Å². The number of fused-ring (bicyclic) bond motifs is 1. The van der Waals surface area contributed by atoms with Gasteiger partial charge in [-0.3, -0.25) is 4.68 Å². The number of nitrogens with two attached hydrogens (primary N) is 1. The molecular weight excluding hydrogens is 405 g/mol. The minimum atomic E-state index is 0.187. The molecule has 4 rings (SSSR count). The van der Waals surface area contributed by atoms with Crippen LogP contribution in [0.4, 0.5) is 5.95 Å². The topological polar surface area (TPSA) is 78.9 Å². The zero-order valence-corrected chi connectivity index (χ0v) is 16.6. The number of halogens is 2. The number of nitrogens with zero attached hydrogens (tertiary/aromatic N) is 4. The van der Waals surface area contributed by atoms with Gasteiger partial charge in [-0.25, -0.2) is 9.97 Å². The minimum Gasteiger partial charge on any atom is -0.492 e. The molecule has 0 bridgehead atoms. The summed E-state index contributed by atoms with van der Waals surface area (Å²) in [6, 6.07) is 5.35. The summed E-state index contributed by atoms with van der Waals surface area (Å²) in [6.45, 7) is 0.447. The average molecular weight is 420 g/mol. The summed E-state index contributed by atoms with van der Waals surface area (Å²) in [7, 11) is 1.88. The van der Waals surface area contributed by atoms with Crippen molar-refractivity contribution in [2.75, 3.05) is 12.3 Å². The zero-order chi connectivity index (χ0) is 19.0. The van der Waals surface area contributed by atoms with Crippen molar-refractivity contribution in [1.29, 1.82) is 0 Å². The fraction of sp³-hybridized carbons (Fsp3) is 0.167. The molecular formula is C18H15Cl2N5OS. The highest BCUT2D eigenvalue weighted by molar-refractivity contribution is 7.16. The number of nitrogen functional groups attached to an aromatic ring is 1. The average Bonchev–Trinajstić information content (AvgIpc) is 3.22. The largest absolute Gasteiger partial charge is 0.492 e. The van der Waals surface area contributed by atoms with Crippen molar-refractivity contribution in [2.24, 2.45) is 7.05 Å². The smallest absolute Gasteiger partial charge is 0.221 e. The number of aromatic nitrogens is 4. The van der Waals surface area contributed by atoms with Gasteiger partial charge in [-0.15, -0.1) is 11.3 Å². The summed E-state index contributed by atoms with van der Waals surface area (Å²) < 4.78 is 7.79. The first kappa shape index (κ1) is 18.0. The molecule has 1 aromatic carbocycles. The molecule has 0 aliphatic rings. The summed E-state index contributed by atoms with van der Waals surface area (Å²) >= 11 is 14.2. The fourth-order valence-electron chi connectivity index (χ4n) is 2.84. The van der Waals surface area contributed by atoms with Gasteiger partial charge in [0.15, 0.2) is 0 Å². The van der Waals surface area contributed by atoms with Crippen LogP contribution >= 0.6 is 34.5 Å². The van der Waals surface area contributed by atoms with E-state index in [4.69, 9.17) is 33.7 Å². The molecule has 0 fully saturated rings. The minimum absolute atomic E-state index is 0.187. The maximum atomic E-state index is 6.51. The van der Waals surface area contributed by atoms with Gasteiger partial charge < -0.3 is 10.5 Å². The lowest BCUT2D eigenvalue weighted by Gasteiger charge is -2.14. The number of aryl methyl sites for hydroxylation is 1. The molecule has 9 heteroatoms. The molecule has 4 aromatic rings. The number of benzene rings is 1. The van der Waals surface area contributed by atoms with E-state index in [-0.39, 0.29) is 5.95 Å². The van der Waals surface area contributed by atoms with Crippen LogP contribution in [0, 0.1) is 0 Å². The summed E-state index contributed by atoms with van der Waals surface area (Å²) in [6.07, 6.45) is 4.47. The third-order valence-electron chi connectivity index (χ3n) is 4.00. The second-order valence-electron chi connectivity index (χ2n) is 5.95. The quantitative estimate of drug-likeness (QED) is 0.511. The molecule has 2 N–H and O–H groups in total. The first-order valence-corrected chi connectivity index (χ1v) is 9.75. The number of thiophene rings is 1. The number of hydrogen-bond donors (Lipinski definition) is 1. The first-order valence-electron chi connectivity index (χ1n) is 8.11. The summed E-state index contributed by atoms with van der Waals surface area (Å²) in [5.74, 6) is 0.745. The van der Waals surface area contributed by atoms with E-state index >= 15 is 0 Å². The predicted molar refractivity (Wildman–Crippen MR) is 110 cm³/mol. The highest BCUT2D eigenvalue weighted by Crippen LogP contribution is 2.42. The number of hydrogen-bond acceptors (Lipinski definition) is 6. The van der Waals surface area contributed by atoms with E-state index in [1.807, 2.05) is 30.9 Å². The Bertz CT molecular complexity index is 1120. The Balaban J connectivity index is 1.72. The van der Waals surface area contributed by atoms with Gasteiger partial charge in [-0.1, -0.05) is 23.2 Å². The van der Waals surface area contributed by atoms with Crippen molar-refractivity contribution < 1.29 is 4.74 Å². The van der Waals surface area contributed by atoms with Gasteiger partial charge in [0.25, 0.3) is 0 Å². The van der Waals surface area contributed by atoms with Crippen molar-refractivity contribution in [3.63, 3.8) is 0 Å². The molecule has 0 saturated heterocycles. The second kappa shape index (κ2) is 7.34. The molecule has 138 valence electrons. The molecule has 0 aliphatic carbocycles. The first-order chi connectivity index (χ1) is 13.0. The summed E-state index contributed by atoms with van der Waals surface area (Å²) in [5.41, 5.74) is 8.27. The van der Waals surface area contributed by atoms with Crippen molar-refractivity contribution in [3.8, 4) is 17.0 Å². The Labute approximate surface area is 169 Å². The predicted octanol–water partition coefficient (Wildman–Crippen LogP) is 4.60. The van der Waals surface area contributed by atoms with Gasteiger partial charge in [-0.05, 0) is 29.1 Å². The summed E-state index contributed by atoms with van der Waals surface area (Å²) in [4.78, 5) is 9.48. The van der Waals surface area contributed by atoms with E-state index in [0.717, 1.165) is 15.8 Å². The molecule has 3 heterocycles. The van der Waals surface area contributed by atoms with E-state index in [2.05, 4.69) is 15.1 Å². The monoisotopic (exact) mass is 419 g/mol. The standard InChI is InChI=1S/C18H15Cl2N5OS/c1-25-9-10(8-22-25)2-4-26-14-7-11(19)6-13(20)15(14)16-12-3-5-27-17(12)24-18(21)23-16/h3,5-9H,2,4H2,1H3,(H2,21,23,24). The SMILES string of the molecule is Cn1cc(CCOc2cc(Cl)cc(Cl)c2-c2nc(N)nc3sccc23)cn1. The van der Waals surface area contributed by atoms with Gasteiger partial charge in [0.1, 0.15) is 10.6 Å². The highest BCUT2D eigenvalue weighted by Gasteiger charge is 2.19. The van der Waals surface area contributed by atoms with Crippen molar-refractivity contribution in [3.05, 3.63) is 51.6 Å². The van der Waals surface area contributed by atoms with Crippen LogP contribution in [0.3, 0.4) is 0 Å². The molecule has 0 saturated carbocycles. The lowest BCUT2D eigenvalue weighted by atomic mass is 10.1. The highest BCUT2D eigenvalue weighted by atomic mass is 35.5. The van der Waals surface area contributed by atoms with Gasteiger partial charge in [0, 0.05) is 30.1 Å². The lowest BCUT2D eigenvalue weighted by Crippen LogP contribution is -2.04. The van der Waals surface area contributed by atoms with Crippen LogP contribution in [0.2, 0.25) is 10.0 Å². The van der Waals surface area contributed by atoms with Gasteiger partial charge in [0.2, 0.25) is 5.95 Å². The zero-order valence-electron chi connectivity index (χ0n) is 14.3. The molecule has 0 spiro atoms. The molecule has 0 aliphatic heterocycles. The molecule has 3 aromatic heterocycles. The Morgan fingerprint density at radius 3 is 2.89 bits per heavy atom. The van der Waals surface area contributed by atoms with E-state index in [0.29, 0.717) is 40.1 Å². The maximum absolute atomic E-state index is 6.51. The Hall–Kier alpha value is -2.35. The molecule has 0 amide bonds. The van der Waals surface area contributed by atoms with Crippen LogP contribution in [0.25, 0.3) is 21.5 Å². The lowest BCUT2D eigenvalue weighted by molar-refractivity contribution is 0.323. The van der Waals surface area contributed by atoms with Crippen LogP contribution in [0.15, 0.2) is 36.0 Å². The molecule has 27 heavy (non-hydrogen) atoms. The van der Waals surface area contributed by atoms with E-state index in [9.17, 15) is 0 Å². The molecule has 0 atom stereocenters. The molecule has 0 radical (unpaired) electrons. The second-order valence-corrected chi connectivity index (χ2v) is 7.69. The number of rotatable bonds is 5. The molecule has 6 nitrogen and oxygen atoms in total. The summed E-state index contributed by atoms with van der Waals surface area (Å²) in [5, 5.41) is 7.91. The Kier molecular flexibility index (Phi) is 4.90.